The molecule has 2 aromatic carbocycles. The minimum absolute atomic E-state index is 0.525. The molecule has 0 bridgehead atoms. The molecule has 0 N–H and O–H groups in total. The van der Waals surface area contributed by atoms with Gasteiger partial charge in [-0.3, -0.25) is 0 Å². The Morgan fingerprint density at radius 3 is 2.45 bits per heavy atom. The van der Waals surface area contributed by atoms with Crippen LogP contribution in [0.5, 0.6) is 0 Å². The van der Waals surface area contributed by atoms with Gasteiger partial charge in [-0.25, -0.2) is 9.97 Å². The van der Waals surface area contributed by atoms with E-state index in [0.717, 1.165) is 28.1 Å². The number of hydrogen-bond acceptors (Lipinski definition) is 4. The maximum absolute atomic E-state index is 5.77. The van der Waals surface area contributed by atoms with Crippen LogP contribution in [-0.4, -0.2) is 9.97 Å². The average Bonchev–Trinajstić information content (AvgIpc) is 3.12. The van der Waals surface area contributed by atoms with Crippen LogP contribution in [0.3, 0.4) is 0 Å². The monoisotopic (exact) mass is 290 g/mol. The summed E-state index contributed by atoms with van der Waals surface area (Å²) in [6.07, 6.45) is 0.525. The van der Waals surface area contributed by atoms with E-state index in [2.05, 4.69) is 9.97 Å². The summed E-state index contributed by atoms with van der Waals surface area (Å²) in [7, 11) is 0. The highest BCUT2D eigenvalue weighted by molar-refractivity contribution is 5.72. The van der Waals surface area contributed by atoms with Crippen LogP contribution in [-0.2, 0) is 6.42 Å². The zero-order valence-electron chi connectivity index (χ0n) is 12.1. The maximum atomic E-state index is 5.77. The zero-order valence-corrected chi connectivity index (χ0v) is 12.1. The van der Waals surface area contributed by atoms with Crippen LogP contribution in [0.15, 0.2) is 63.4 Å². The molecule has 2 heterocycles. The summed E-state index contributed by atoms with van der Waals surface area (Å²) in [4.78, 5) is 9.06. The molecule has 0 radical (unpaired) electrons. The number of benzene rings is 2. The molecule has 4 nitrogen and oxygen atoms in total. The Kier molecular flexibility index (Phi) is 3.00. The van der Waals surface area contributed by atoms with E-state index >= 15 is 0 Å². The zero-order chi connectivity index (χ0) is 14.9. The molecule has 0 spiro atoms. The Bertz CT molecular complexity index is 890. The van der Waals surface area contributed by atoms with Gasteiger partial charge in [-0.15, -0.1) is 0 Å². The number of fused-ring (bicyclic) bond motifs is 1. The standard InChI is InChI=1S/C18H14N2O2/c1-12-15(20-18(21-12)13-7-3-2-4-8-13)11-17-19-14-9-5-6-10-16(14)22-17/h2-10H,11H2,1H3. The number of oxazole rings is 2. The predicted octanol–water partition coefficient (Wildman–Crippen LogP) is 4.38. The minimum Gasteiger partial charge on any atom is -0.441 e. The first-order chi connectivity index (χ1) is 10.8. The van der Waals surface area contributed by atoms with E-state index in [0.29, 0.717) is 18.2 Å². The van der Waals surface area contributed by atoms with E-state index in [1.54, 1.807) is 0 Å². The van der Waals surface area contributed by atoms with E-state index in [1.165, 1.54) is 0 Å². The lowest BCUT2D eigenvalue weighted by Crippen LogP contribution is -1.91. The number of nitrogens with zero attached hydrogens (tertiary/aromatic N) is 2. The third-order valence-corrected chi connectivity index (χ3v) is 3.57. The predicted molar refractivity (Wildman–Crippen MR) is 83.5 cm³/mol. The lowest BCUT2D eigenvalue weighted by molar-refractivity contribution is 0.527. The van der Waals surface area contributed by atoms with Gasteiger partial charge in [0, 0.05) is 5.56 Å². The molecule has 0 aliphatic carbocycles. The fourth-order valence-electron chi connectivity index (χ4n) is 2.44. The van der Waals surface area contributed by atoms with E-state index in [9.17, 15) is 0 Å². The highest BCUT2D eigenvalue weighted by Gasteiger charge is 2.14. The lowest BCUT2D eigenvalue weighted by Gasteiger charge is -1.92. The van der Waals surface area contributed by atoms with E-state index in [4.69, 9.17) is 8.83 Å². The second-order valence-electron chi connectivity index (χ2n) is 5.14. The molecule has 0 amide bonds. The molecular formula is C18H14N2O2. The Balaban J connectivity index is 1.67. The first-order valence-corrected chi connectivity index (χ1v) is 7.16. The molecule has 2 aromatic heterocycles. The summed E-state index contributed by atoms with van der Waals surface area (Å²) in [6.45, 7) is 1.91. The molecule has 0 unspecified atom stereocenters. The maximum Gasteiger partial charge on any atom is 0.226 e. The van der Waals surface area contributed by atoms with Crippen LogP contribution >= 0.6 is 0 Å². The van der Waals surface area contributed by atoms with Crippen molar-refractivity contribution in [2.45, 2.75) is 13.3 Å². The number of aromatic nitrogens is 2. The Hall–Kier alpha value is -2.88. The van der Waals surface area contributed by atoms with Crippen molar-refractivity contribution in [3.05, 3.63) is 71.9 Å². The van der Waals surface area contributed by atoms with Gasteiger partial charge in [0.15, 0.2) is 5.58 Å². The third kappa shape index (κ3) is 2.29. The molecule has 0 atom stereocenters. The smallest absolute Gasteiger partial charge is 0.226 e. The SMILES string of the molecule is Cc1oc(-c2ccccc2)nc1Cc1nc2ccccc2o1. The largest absolute Gasteiger partial charge is 0.441 e. The van der Waals surface area contributed by atoms with Crippen LogP contribution in [0.25, 0.3) is 22.6 Å². The normalized spacial score (nSPS) is 11.1. The molecule has 4 rings (SSSR count). The van der Waals surface area contributed by atoms with Crippen molar-refractivity contribution in [3.8, 4) is 11.5 Å². The summed E-state index contributed by atoms with van der Waals surface area (Å²) in [5.74, 6) is 2.07. The fourth-order valence-corrected chi connectivity index (χ4v) is 2.44. The Morgan fingerprint density at radius 1 is 0.864 bits per heavy atom. The molecule has 4 heteroatoms. The van der Waals surface area contributed by atoms with Crippen LogP contribution < -0.4 is 0 Å². The number of rotatable bonds is 3. The van der Waals surface area contributed by atoms with Crippen LogP contribution in [0.1, 0.15) is 17.3 Å². The summed E-state index contributed by atoms with van der Waals surface area (Å²) in [5.41, 5.74) is 3.48. The van der Waals surface area contributed by atoms with E-state index in [-0.39, 0.29) is 0 Å². The van der Waals surface area contributed by atoms with Crippen molar-refractivity contribution in [1.82, 2.24) is 9.97 Å². The number of hydrogen-bond donors (Lipinski definition) is 0. The molecule has 0 saturated carbocycles. The molecule has 0 saturated heterocycles. The molecule has 0 aliphatic heterocycles. The molecular weight excluding hydrogens is 276 g/mol. The second-order valence-corrected chi connectivity index (χ2v) is 5.14. The van der Waals surface area contributed by atoms with Gasteiger partial charge in [0.1, 0.15) is 11.3 Å². The van der Waals surface area contributed by atoms with Crippen LogP contribution in [0, 0.1) is 6.92 Å². The Morgan fingerprint density at radius 2 is 1.64 bits per heavy atom. The highest BCUT2D eigenvalue weighted by atomic mass is 16.4. The summed E-state index contributed by atoms with van der Waals surface area (Å²) < 4.78 is 11.5. The number of para-hydroxylation sites is 2. The molecule has 22 heavy (non-hydrogen) atoms. The van der Waals surface area contributed by atoms with E-state index in [1.807, 2.05) is 61.5 Å². The summed E-state index contributed by atoms with van der Waals surface area (Å²) in [5, 5.41) is 0. The third-order valence-electron chi connectivity index (χ3n) is 3.57. The van der Waals surface area contributed by atoms with Crippen LogP contribution in [0.4, 0.5) is 0 Å². The topological polar surface area (TPSA) is 52.1 Å². The summed E-state index contributed by atoms with van der Waals surface area (Å²) in [6, 6.07) is 17.6. The van der Waals surface area contributed by atoms with E-state index < -0.39 is 0 Å². The molecule has 108 valence electrons. The van der Waals surface area contributed by atoms with Crippen molar-refractivity contribution in [2.24, 2.45) is 0 Å². The minimum atomic E-state index is 0.525. The highest BCUT2D eigenvalue weighted by Crippen LogP contribution is 2.24. The van der Waals surface area contributed by atoms with Crippen molar-refractivity contribution in [1.29, 1.82) is 0 Å². The van der Waals surface area contributed by atoms with Crippen molar-refractivity contribution in [2.75, 3.05) is 0 Å². The summed E-state index contributed by atoms with van der Waals surface area (Å²) >= 11 is 0. The van der Waals surface area contributed by atoms with Gasteiger partial charge in [0.25, 0.3) is 0 Å². The first-order valence-electron chi connectivity index (χ1n) is 7.16. The molecule has 0 fully saturated rings. The molecule has 0 aliphatic rings. The van der Waals surface area contributed by atoms with Gasteiger partial charge in [-0.2, -0.15) is 0 Å². The van der Waals surface area contributed by atoms with Crippen molar-refractivity contribution < 1.29 is 8.83 Å². The number of aryl methyl sites for hydroxylation is 1. The van der Waals surface area contributed by atoms with Crippen LogP contribution in [0.2, 0.25) is 0 Å². The molecule has 4 aromatic rings. The van der Waals surface area contributed by atoms with Crippen molar-refractivity contribution in [3.63, 3.8) is 0 Å². The lowest BCUT2D eigenvalue weighted by atomic mass is 10.2. The average molecular weight is 290 g/mol. The Labute approximate surface area is 127 Å². The first kappa shape index (κ1) is 12.8. The van der Waals surface area contributed by atoms with Gasteiger partial charge in [0.2, 0.25) is 11.8 Å². The van der Waals surface area contributed by atoms with Gasteiger partial charge >= 0.3 is 0 Å². The fraction of sp³-hybridized carbons (Fsp3) is 0.111. The second kappa shape index (κ2) is 5.15. The quantitative estimate of drug-likeness (QED) is 0.562. The van der Waals surface area contributed by atoms with Crippen molar-refractivity contribution >= 4 is 11.1 Å². The van der Waals surface area contributed by atoms with Gasteiger partial charge in [-0.05, 0) is 31.2 Å². The van der Waals surface area contributed by atoms with Gasteiger partial charge in [-0.1, -0.05) is 30.3 Å². The van der Waals surface area contributed by atoms with Gasteiger partial charge < -0.3 is 8.83 Å². The van der Waals surface area contributed by atoms with Gasteiger partial charge in [0.05, 0.1) is 12.1 Å².